The Balaban J connectivity index is 1.70. The maximum atomic E-state index is 13.8. The fraction of sp³-hybridized carbons (Fsp3) is 0.172. The molecule has 0 amide bonds. The first kappa shape index (κ1) is 24.4. The molecule has 0 saturated heterocycles. The molecule has 1 aliphatic rings. The van der Waals surface area contributed by atoms with Gasteiger partial charge in [0.25, 0.3) is 5.56 Å². The number of allylic oxidation sites excluding steroid dienone is 1. The molecular formula is C29H24N2O5S. The molecule has 0 spiro atoms. The van der Waals surface area contributed by atoms with Crippen molar-refractivity contribution in [2.75, 3.05) is 6.61 Å². The van der Waals surface area contributed by atoms with Crippen molar-refractivity contribution in [1.29, 1.82) is 0 Å². The normalized spacial score (nSPS) is 15.3. The summed E-state index contributed by atoms with van der Waals surface area (Å²) < 4.78 is 12.5. The minimum atomic E-state index is -0.739. The van der Waals surface area contributed by atoms with Gasteiger partial charge in [0, 0.05) is 6.92 Å². The van der Waals surface area contributed by atoms with E-state index in [4.69, 9.17) is 9.47 Å². The van der Waals surface area contributed by atoms with Crippen LogP contribution in [0.15, 0.2) is 87.8 Å². The Morgan fingerprint density at radius 3 is 2.51 bits per heavy atom. The molecule has 1 aliphatic heterocycles. The van der Waals surface area contributed by atoms with Crippen LogP contribution in [0.25, 0.3) is 16.8 Å². The Morgan fingerprint density at radius 1 is 1.05 bits per heavy atom. The van der Waals surface area contributed by atoms with E-state index in [-0.39, 0.29) is 12.2 Å². The third kappa shape index (κ3) is 4.63. The van der Waals surface area contributed by atoms with E-state index >= 15 is 0 Å². The summed E-state index contributed by atoms with van der Waals surface area (Å²) in [6.07, 6.45) is 1.87. The molecule has 7 nitrogen and oxygen atoms in total. The maximum Gasteiger partial charge on any atom is 0.338 e. The number of fused-ring (bicyclic) bond motifs is 2. The lowest BCUT2D eigenvalue weighted by Gasteiger charge is -2.24. The van der Waals surface area contributed by atoms with Crippen LogP contribution < -0.4 is 19.6 Å². The zero-order chi connectivity index (χ0) is 26.1. The number of carbonyl (C=O) groups is 2. The van der Waals surface area contributed by atoms with Gasteiger partial charge < -0.3 is 9.47 Å². The molecule has 8 heteroatoms. The minimum absolute atomic E-state index is 0.194. The van der Waals surface area contributed by atoms with Crippen molar-refractivity contribution in [3.63, 3.8) is 0 Å². The fourth-order valence-corrected chi connectivity index (χ4v) is 5.55. The van der Waals surface area contributed by atoms with Gasteiger partial charge in [-0.05, 0) is 54.0 Å². The zero-order valence-electron chi connectivity index (χ0n) is 20.6. The first-order valence-electron chi connectivity index (χ1n) is 11.8. The molecule has 3 aromatic carbocycles. The number of hydrogen-bond acceptors (Lipinski definition) is 7. The van der Waals surface area contributed by atoms with E-state index in [0.717, 1.165) is 16.3 Å². The molecule has 4 aromatic rings. The highest BCUT2D eigenvalue weighted by Crippen LogP contribution is 2.31. The monoisotopic (exact) mass is 512 g/mol. The highest BCUT2D eigenvalue weighted by atomic mass is 32.1. The van der Waals surface area contributed by atoms with Crippen LogP contribution in [0.1, 0.15) is 37.9 Å². The van der Waals surface area contributed by atoms with E-state index in [1.165, 1.54) is 18.3 Å². The summed E-state index contributed by atoms with van der Waals surface area (Å²) in [6, 6.07) is 20.0. The molecule has 0 radical (unpaired) electrons. The standard InChI is InChI=1S/C29H24N2O5S/c1-4-35-28(34)25-17(2)30-29-31(26(25)20-12-14-22(15-13-20)36-18(3)32)27(33)24(37-29)16-21-10-7-9-19-8-5-6-11-23(19)21/h5-16,26H,4H2,1-3H3/b24-16-/t26-/m0/s1. The van der Waals surface area contributed by atoms with Crippen LogP contribution in [0.3, 0.4) is 0 Å². The largest absolute Gasteiger partial charge is 0.463 e. The number of aromatic nitrogens is 1. The molecule has 0 unspecified atom stereocenters. The van der Waals surface area contributed by atoms with Crippen LogP contribution in [0.4, 0.5) is 0 Å². The van der Waals surface area contributed by atoms with Crippen molar-refractivity contribution >= 4 is 40.1 Å². The lowest BCUT2D eigenvalue weighted by atomic mass is 9.96. The first-order chi connectivity index (χ1) is 17.9. The van der Waals surface area contributed by atoms with Crippen LogP contribution in [0, 0.1) is 0 Å². The fourth-order valence-electron chi connectivity index (χ4n) is 4.51. The zero-order valence-corrected chi connectivity index (χ0v) is 21.4. The molecule has 2 heterocycles. The summed E-state index contributed by atoms with van der Waals surface area (Å²) in [7, 11) is 0. The molecule has 5 rings (SSSR count). The van der Waals surface area contributed by atoms with E-state index < -0.39 is 18.0 Å². The number of esters is 2. The molecule has 37 heavy (non-hydrogen) atoms. The lowest BCUT2D eigenvalue weighted by molar-refractivity contribution is -0.139. The van der Waals surface area contributed by atoms with Crippen LogP contribution >= 0.6 is 11.3 Å². The molecular weight excluding hydrogens is 488 g/mol. The predicted octanol–water partition coefficient (Wildman–Crippen LogP) is 3.88. The Labute approximate surface area is 216 Å². The highest BCUT2D eigenvalue weighted by Gasteiger charge is 2.33. The third-order valence-corrected chi connectivity index (χ3v) is 7.07. The van der Waals surface area contributed by atoms with E-state index in [2.05, 4.69) is 4.99 Å². The van der Waals surface area contributed by atoms with Gasteiger partial charge in [-0.15, -0.1) is 0 Å². The average molecular weight is 513 g/mol. The summed E-state index contributed by atoms with van der Waals surface area (Å²) in [6.45, 7) is 5.00. The molecule has 1 atom stereocenters. The van der Waals surface area contributed by atoms with Crippen LogP contribution in [0.5, 0.6) is 5.75 Å². The number of benzene rings is 3. The Morgan fingerprint density at radius 2 is 1.78 bits per heavy atom. The molecule has 0 aliphatic carbocycles. The number of nitrogens with zero attached hydrogens (tertiary/aromatic N) is 2. The summed E-state index contributed by atoms with van der Waals surface area (Å²) in [5.74, 6) is -0.587. The van der Waals surface area contributed by atoms with E-state index in [9.17, 15) is 14.4 Å². The van der Waals surface area contributed by atoms with Gasteiger partial charge in [-0.25, -0.2) is 9.79 Å². The minimum Gasteiger partial charge on any atom is -0.463 e. The molecule has 186 valence electrons. The average Bonchev–Trinajstić information content (AvgIpc) is 3.18. The van der Waals surface area contributed by atoms with Gasteiger partial charge in [-0.3, -0.25) is 14.2 Å². The second kappa shape index (κ2) is 9.99. The van der Waals surface area contributed by atoms with Gasteiger partial charge in [0.15, 0.2) is 4.80 Å². The van der Waals surface area contributed by atoms with Crippen LogP contribution in [-0.2, 0) is 14.3 Å². The van der Waals surface area contributed by atoms with Crippen molar-refractivity contribution in [3.8, 4) is 5.75 Å². The summed E-state index contributed by atoms with van der Waals surface area (Å²) in [4.78, 5) is 43.3. The van der Waals surface area contributed by atoms with Crippen molar-refractivity contribution in [2.45, 2.75) is 26.8 Å². The van der Waals surface area contributed by atoms with Crippen molar-refractivity contribution in [1.82, 2.24) is 4.57 Å². The maximum absolute atomic E-state index is 13.8. The number of rotatable bonds is 5. The molecule has 1 aromatic heterocycles. The number of ether oxygens (including phenoxy) is 2. The quantitative estimate of drug-likeness (QED) is 0.299. The second-order valence-corrected chi connectivity index (χ2v) is 9.54. The van der Waals surface area contributed by atoms with Crippen molar-refractivity contribution in [2.24, 2.45) is 4.99 Å². The third-order valence-electron chi connectivity index (χ3n) is 6.08. The van der Waals surface area contributed by atoms with Gasteiger partial charge >= 0.3 is 11.9 Å². The number of thiazole rings is 1. The highest BCUT2D eigenvalue weighted by molar-refractivity contribution is 7.07. The van der Waals surface area contributed by atoms with E-state index in [1.807, 2.05) is 48.5 Å². The Kier molecular flexibility index (Phi) is 6.58. The molecule has 0 saturated carbocycles. The number of hydrogen-bond donors (Lipinski definition) is 0. The van der Waals surface area contributed by atoms with Gasteiger partial charge in [-0.2, -0.15) is 0 Å². The number of carbonyl (C=O) groups excluding carboxylic acids is 2. The smallest absolute Gasteiger partial charge is 0.338 e. The Bertz CT molecular complexity index is 1740. The van der Waals surface area contributed by atoms with Crippen LogP contribution in [-0.4, -0.2) is 23.1 Å². The molecule has 0 N–H and O–H groups in total. The Hall–Kier alpha value is -4.30. The second-order valence-electron chi connectivity index (χ2n) is 8.53. The van der Waals surface area contributed by atoms with Gasteiger partial charge in [0.05, 0.1) is 28.5 Å². The summed E-state index contributed by atoms with van der Waals surface area (Å²) in [5.41, 5.74) is 2.13. The topological polar surface area (TPSA) is 87.0 Å². The van der Waals surface area contributed by atoms with Crippen molar-refractivity contribution < 1.29 is 19.1 Å². The van der Waals surface area contributed by atoms with Crippen molar-refractivity contribution in [3.05, 3.63) is 109 Å². The molecule has 0 bridgehead atoms. The lowest BCUT2D eigenvalue weighted by Crippen LogP contribution is -2.39. The van der Waals surface area contributed by atoms with Gasteiger partial charge in [-0.1, -0.05) is 65.9 Å². The van der Waals surface area contributed by atoms with Gasteiger partial charge in [0.1, 0.15) is 5.75 Å². The summed E-state index contributed by atoms with van der Waals surface area (Å²) in [5, 5.41) is 2.12. The molecule has 0 fully saturated rings. The SMILES string of the molecule is CCOC(=O)C1=C(C)N=c2s/c(=C\c3cccc4ccccc34)c(=O)n2[C@H]1c1ccc(OC(C)=O)cc1. The van der Waals surface area contributed by atoms with Gasteiger partial charge in [0.2, 0.25) is 0 Å². The first-order valence-corrected chi connectivity index (χ1v) is 12.6. The van der Waals surface area contributed by atoms with E-state index in [1.54, 1.807) is 42.7 Å². The summed E-state index contributed by atoms with van der Waals surface area (Å²) >= 11 is 1.28. The van der Waals surface area contributed by atoms with E-state index in [0.29, 0.717) is 31.9 Å². The predicted molar refractivity (Wildman–Crippen MR) is 142 cm³/mol. The van der Waals surface area contributed by atoms with Crippen LogP contribution in [0.2, 0.25) is 0 Å².